The highest BCUT2D eigenvalue weighted by Crippen LogP contribution is 2.29. The van der Waals surface area contributed by atoms with Crippen LogP contribution in [0.3, 0.4) is 0 Å². The maximum absolute atomic E-state index is 6.18. The fourth-order valence-corrected chi connectivity index (χ4v) is 4.74. The van der Waals surface area contributed by atoms with Crippen molar-refractivity contribution in [1.29, 1.82) is 0 Å². The Labute approximate surface area is 193 Å². The Hall–Kier alpha value is -3.46. The molecule has 0 atom stereocenters. The Bertz CT molecular complexity index is 1300. The van der Waals surface area contributed by atoms with Gasteiger partial charge in [0.25, 0.3) is 0 Å². The monoisotopic (exact) mass is 446 g/mol. The van der Waals surface area contributed by atoms with Crippen LogP contribution in [0.4, 0.5) is 11.6 Å². The number of ether oxygens (including phenoxy) is 1. The molecule has 0 fully saturated rings. The van der Waals surface area contributed by atoms with E-state index in [-0.39, 0.29) is 0 Å². The molecule has 0 bridgehead atoms. The zero-order chi connectivity index (χ0) is 22.9. The van der Waals surface area contributed by atoms with Crippen molar-refractivity contribution < 1.29 is 4.74 Å². The van der Waals surface area contributed by atoms with Crippen LogP contribution in [-0.4, -0.2) is 62.8 Å². The molecule has 4 aromatic rings. The smallest absolute Gasteiger partial charge is 0.223 e. The first kappa shape index (κ1) is 21.4. The third-order valence-corrected chi connectivity index (χ3v) is 6.48. The first-order valence-electron chi connectivity index (χ1n) is 11.5. The zero-order valence-electron chi connectivity index (χ0n) is 19.5. The Morgan fingerprint density at radius 2 is 2.00 bits per heavy atom. The van der Waals surface area contributed by atoms with Gasteiger partial charge in [0.05, 0.1) is 12.8 Å². The predicted octanol–water partition coefficient (Wildman–Crippen LogP) is 2.71. The van der Waals surface area contributed by atoms with E-state index in [0.717, 1.165) is 56.8 Å². The number of anilines is 2. The van der Waals surface area contributed by atoms with Crippen LogP contribution in [0.2, 0.25) is 0 Å². The van der Waals surface area contributed by atoms with Crippen molar-refractivity contribution in [2.24, 2.45) is 0 Å². The van der Waals surface area contributed by atoms with Crippen LogP contribution >= 0.6 is 0 Å². The molecular formula is C24H30N8O. The van der Waals surface area contributed by atoms with E-state index in [0.29, 0.717) is 22.9 Å². The van der Waals surface area contributed by atoms with Crippen LogP contribution in [0.15, 0.2) is 30.5 Å². The van der Waals surface area contributed by atoms with Crippen molar-refractivity contribution in [1.82, 2.24) is 29.5 Å². The molecule has 0 amide bonds. The summed E-state index contributed by atoms with van der Waals surface area (Å²) in [7, 11) is 1.63. The predicted molar refractivity (Wildman–Crippen MR) is 130 cm³/mol. The van der Waals surface area contributed by atoms with Crippen LogP contribution in [0.1, 0.15) is 30.9 Å². The summed E-state index contributed by atoms with van der Waals surface area (Å²) in [6.45, 7) is 9.14. The van der Waals surface area contributed by atoms with Gasteiger partial charge in [-0.1, -0.05) is 6.07 Å². The normalized spacial score (nSPS) is 14.0. The maximum atomic E-state index is 6.18. The van der Waals surface area contributed by atoms with Crippen LogP contribution < -0.4 is 15.4 Å². The van der Waals surface area contributed by atoms with Gasteiger partial charge < -0.3 is 15.4 Å². The van der Waals surface area contributed by atoms with E-state index in [1.54, 1.807) is 11.6 Å². The van der Waals surface area contributed by atoms with Gasteiger partial charge in [-0.15, -0.1) is 5.10 Å². The summed E-state index contributed by atoms with van der Waals surface area (Å²) in [6, 6.07) is 7.92. The molecule has 9 heteroatoms. The van der Waals surface area contributed by atoms with Crippen molar-refractivity contribution >= 4 is 28.2 Å². The summed E-state index contributed by atoms with van der Waals surface area (Å²) in [5.74, 6) is 1.74. The number of nitrogens with zero attached hydrogens (tertiary/aromatic N) is 7. The number of nitrogens with two attached hydrogens (primary N) is 1. The summed E-state index contributed by atoms with van der Waals surface area (Å²) >= 11 is 0. The number of methoxy groups -OCH3 is 1. The number of para-hydroxylation sites is 1. The number of rotatable bonds is 7. The average molecular weight is 447 g/mol. The molecule has 33 heavy (non-hydrogen) atoms. The number of hydrogen-bond donors (Lipinski definition) is 1. The van der Waals surface area contributed by atoms with E-state index in [2.05, 4.69) is 39.8 Å². The number of nitrogen functional groups attached to an aromatic ring is 1. The molecule has 1 aliphatic heterocycles. The van der Waals surface area contributed by atoms with E-state index in [1.165, 1.54) is 16.9 Å². The van der Waals surface area contributed by atoms with E-state index >= 15 is 0 Å². The van der Waals surface area contributed by atoms with Crippen molar-refractivity contribution in [3.63, 3.8) is 0 Å². The lowest BCUT2D eigenvalue weighted by molar-refractivity contribution is 0.252. The van der Waals surface area contributed by atoms with Gasteiger partial charge in [0.15, 0.2) is 11.5 Å². The average Bonchev–Trinajstić information content (AvgIpc) is 3.28. The first-order chi connectivity index (χ1) is 16.1. The molecule has 0 unspecified atom stereocenters. The Kier molecular flexibility index (Phi) is 5.72. The van der Waals surface area contributed by atoms with Crippen LogP contribution in [0.5, 0.6) is 5.75 Å². The molecule has 0 spiro atoms. The molecule has 3 aromatic heterocycles. The number of pyridine rings is 1. The summed E-state index contributed by atoms with van der Waals surface area (Å²) in [4.78, 5) is 18.8. The fourth-order valence-electron chi connectivity index (χ4n) is 4.74. The van der Waals surface area contributed by atoms with Gasteiger partial charge >= 0.3 is 0 Å². The number of benzene rings is 1. The lowest BCUT2D eigenvalue weighted by Gasteiger charge is -2.32. The molecular weight excluding hydrogens is 416 g/mol. The maximum Gasteiger partial charge on any atom is 0.223 e. The molecule has 1 aliphatic rings. The van der Waals surface area contributed by atoms with Crippen molar-refractivity contribution in [2.75, 3.05) is 43.9 Å². The van der Waals surface area contributed by atoms with Crippen molar-refractivity contribution in [2.45, 2.75) is 33.2 Å². The highest BCUT2D eigenvalue weighted by Gasteiger charge is 2.22. The second-order valence-corrected chi connectivity index (χ2v) is 8.29. The van der Waals surface area contributed by atoms with E-state index in [1.807, 2.05) is 24.4 Å². The number of hydrogen-bond acceptors (Lipinski definition) is 8. The minimum atomic E-state index is 0.306. The SMILES string of the molecule is CCN(CC)c1ccnc2c1CCN(CCc1nc3c4cccc(OC)c4nc(N)n3n1)C2. The molecule has 0 radical (unpaired) electrons. The second kappa shape index (κ2) is 8.82. The second-order valence-electron chi connectivity index (χ2n) is 8.29. The molecule has 0 saturated carbocycles. The quantitative estimate of drug-likeness (QED) is 0.463. The van der Waals surface area contributed by atoms with Crippen LogP contribution in [0.25, 0.3) is 16.6 Å². The fraction of sp³-hybridized carbons (Fsp3) is 0.417. The summed E-state index contributed by atoms with van der Waals surface area (Å²) < 4.78 is 7.07. The minimum absolute atomic E-state index is 0.306. The third kappa shape index (κ3) is 3.82. The molecule has 0 aliphatic carbocycles. The number of fused-ring (bicyclic) bond motifs is 4. The minimum Gasteiger partial charge on any atom is -0.494 e. The van der Waals surface area contributed by atoms with Gasteiger partial charge in [0, 0.05) is 56.4 Å². The Balaban J connectivity index is 1.35. The molecule has 5 rings (SSSR count). The first-order valence-corrected chi connectivity index (χ1v) is 11.5. The van der Waals surface area contributed by atoms with Gasteiger partial charge in [0.1, 0.15) is 11.3 Å². The Morgan fingerprint density at radius 3 is 2.79 bits per heavy atom. The standard InChI is InChI=1S/C24H30N8O/c1-4-31(5-2)19-9-12-26-18-15-30(13-10-16(18)19)14-11-21-27-23-17-7-6-8-20(33-3)22(17)28-24(25)32(23)29-21/h6-9,12H,4-5,10-11,13-15H2,1-3H3,(H2,25,28). The Morgan fingerprint density at radius 1 is 1.15 bits per heavy atom. The summed E-state index contributed by atoms with van der Waals surface area (Å²) in [6.07, 6.45) is 3.68. The molecule has 0 saturated heterocycles. The van der Waals surface area contributed by atoms with Gasteiger partial charge in [-0.25, -0.2) is 9.97 Å². The van der Waals surface area contributed by atoms with Crippen LogP contribution in [0, 0.1) is 0 Å². The largest absolute Gasteiger partial charge is 0.494 e. The summed E-state index contributed by atoms with van der Waals surface area (Å²) in [5.41, 5.74) is 11.5. The lowest BCUT2D eigenvalue weighted by atomic mass is 10.0. The van der Waals surface area contributed by atoms with Crippen molar-refractivity contribution in [3.8, 4) is 5.75 Å². The van der Waals surface area contributed by atoms with Gasteiger partial charge in [-0.2, -0.15) is 4.52 Å². The van der Waals surface area contributed by atoms with Gasteiger partial charge in [-0.3, -0.25) is 9.88 Å². The topological polar surface area (TPSA) is 97.7 Å². The molecule has 9 nitrogen and oxygen atoms in total. The molecule has 172 valence electrons. The van der Waals surface area contributed by atoms with Crippen molar-refractivity contribution in [3.05, 3.63) is 47.5 Å². The van der Waals surface area contributed by atoms with E-state index < -0.39 is 0 Å². The summed E-state index contributed by atoms with van der Waals surface area (Å²) in [5, 5.41) is 5.51. The van der Waals surface area contributed by atoms with Gasteiger partial charge in [0.2, 0.25) is 5.95 Å². The molecule has 1 aromatic carbocycles. The third-order valence-electron chi connectivity index (χ3n) is 6.48. The number of aromatic nitrogens is 5. The lowest BCUT2D eigenvalue weighted by Crippen LogP contribution is -2.34. The zero-order valence-corrected chi connectivity index (χ0v) is 19.5. The van der Waals surface area contributed by atoms with E-state index in [9.17, 15) is 0 Å². The van der Waals surface area contributed by atoms with Gasteiger partial charge in [-0.05, 0) is 44.0 Å². The highest BCUT2D eigenvalue weighted by atomic mass is 16.5. The van der Waals surface area contributed by atoms with Crippen LogP contribution in [-0.2, 0) is 19.4 Å². The molecule has 4 heterocycles. The molecule has 2 N–H and O–H groups in total. The highest BCUT2D eigenvalue weighted by molar-refractivity contribution is 5.95. The van der Waals surface area contributed by atoms with E-state index in [4.69, 9.17) is 20.4 Å².